The van der Waals surface area contributed by atoms with E-state index < -0.39 is 18.2 Å². The van der Waals surface area contributed by atoms with E-state index in [0.717, 1.165) is 6.07 Å². The zero-order valence-corrected chi connectivity index (χ0v) is 11.8. The molecule has 0 spiro atoms. The van der Waals surface area contributed by atoms with Crippen molar-refractivity contribution >= 4 is 11.9 Å². The first kappa shape index (κ1) is 17.1. The molecule has 0 aromatic heterocycles. The van der Waals surface area contributed by atoms with E-state index in [4.69, 9.17) is 14.9 Å². The molecule has 0 radical (unpaired) electrons. The number of carbonyl (C=O) groups excluding carboxylic acids is 2. The molecule has 0 aliphatic carbocycles. The van der Waals surface area contributed by atoms with Crippen LogP contribution in [0.1, 0.15) is 27.1 Å². The van der Waals surface area contributed by atoms with Crippen LogP contribution in [-0.4, -0.2) is 35.0 Å². The Morgan fingerprint density at radius 3 is 2.44 bits per heavy atom. The summed E-state index contributed by atoms with van der Waals surface area (Å²) in [6.45, 7) is -0.161. The van der Waals surface area contributed by atoms with Gasteiger partial charge in [0.25, 0.3) is 0 Å². The van der Waals surface area contributed by atoms with Gasteiger partial charge in [0.15, 0.2) is 6.29 Å². The van der Waals surface area contributed by atoms with E-state index in [9.17, 15) is 14.7 Å². The van der Waals surface area contributed by atoms with E-state index >= 15 is 0 Å². The van der Waals surface area contributed by atoms with Crippen molar-refractivity contribution in [2.24, 2.45) is 0 Å². The molecule has 1 aromatic carbocycles. The second kappa shape index (κ2) is 8.23. The van der Waals surface area contributed by atoms with Crippen LogP contribution < -0.4 is 34.7 Å². The van der Waals surface area contributed by atoms with Crippen LogP contribution in [0.2, 0.25) is 0 Å². The monoisotopic (exact) mass is 262 g/mol. The Bertz CT molecular complexity index is 418. The summed E-state index contributed by atoms with van der Waals surface area (Å²) in [5.74, 6) is -2.11. The van der Waals surface area contributed by atoms with Crippen molar-refractivity contribution in [2.75, 3.05) is 6.61 Å². The molecule has 92 valence electrons. The second-order valence-electron chi connectivity index (χ2n) is 3.27. The van der Waals surface area contributed by atoms with E-state index in [1.165, 1.54) is 18.2 Å². The fourth-order valence-electron chi connectivity index (χ4n) is 1.11. The summed E-state index contributed by atoms with van der Waals surface area (Å²) in [6, 6.07) is 5.21. The predicted molar refractivity (Wildman–Crippen MR) is 53.9 cm³/mol. The molecule has 0 fully saturated rings. The number of benzene rings is 1. The summed E-state index contributed by atoms with van der Waals surface area (Å²) in [4.78, 5) is 22.0. The van der Waals surface area contributed by atoms with Gasteiger partial charge in [0, 0.05) is 6.42 Å². The average Bonchev–Trinajstić information content (AvgIpc) is 2.28. The topological polar surface area (TPSA) is 107 Å². The van der Waals surface area contributed by atoms with Gasteiger partial charge in [0.05, 0.1) is 18.1 Å². The summed E-state index contributed by atoms with van der Waals surface area (Å²) in [5.41, 5.74) is -0.0548. The number of carbonyl (C=O) groups is 2. The molecule has 0 aliphatic rings. The van der Waals surface area contributed by atoms with Crippen LogP contribution in [0.4, 0.5) is 0 Å². The number of aliphatic hydroxyl groups excluding tert-OH is 1. The van der Waals surface area contributed by atoms with Crippen LogP contribution in [0.5, 0.6) is 0 Å². The van der Waals surface area contributed by atoms with Gasteiger partial charge in [-0.3, -0.25) is 0 Å². The molecule has 2 N–H and O–H groups in total. The van der Waals surface area contributed by atoms with E-state index in [-0.39, 0.29) is 53.7 Å². The minimum Gasteiger partial charge on any atom is -0.545 e. The Hall–Kier alpha value is -0.920. The maximum absolute atomic E-state index is 11.4. The fourth-order valence-corrected chi connectivity index (χ4v) is 1.11. The number of aliphatic hydroxyl groups is 2. The zero-order valence-electron chi connectivity index (χ0n) is 9.83. The van der Waals surface area contributed by atoms with E-state index in [2.05, 4.69) is 0 Å². The SMILES string of the molecule is O=C([O-])c1cccc(C(=O)OCCC(O)O)c1.[Na+]. The number of carboxylic acid groups (broad SMARTS) is 1. The zero-order chi connectivity index (χ0) is 12.8. The van der Waals surface area contributed by atoms with Crippen LogP contribution in [0.15, 0.2) is 24.3 Å². The third-order valence-corrected chi connectivity index (χ3v) is 1.94. The summed E-state index contributed by atoms with van der Waals surface area (Å²) >= 11 is 0. The third-order valence-electron chi connectivity index (χ3n) is 1.94. The summed E-state index contributed by atoms with van der Waals surface area (Å²) in [5, 5.41) is 27.6. The minimum atomic E-state index is -1.54. The standard InChI is InChI=1S/C11H12O6.Na/c12-9(13)4-5-17-11(16)8-3-1-2-7(6-8)10(14)15;/h1-3,6,9,12-13H,4-5H2,(H,14,15);/q;+1/p-1. The molecule has 0 bridgehead atoms. The maximum Gasteiger partial charge on any atom is 1.00 e. The Balaban J connectivity index is 0.00000289. The number of hydrogen-bond acceptors (Lipinski definition) is 6. The molecule has 0 unspecified atom stereocenters. The molecular weight excluding hydrogens is 251 g/mol. The molecule has 0 aliphatic heterocycles. The van der Waals surface area contributed by atoms with Crippen molar-refractivity contribution in [2.45, 2.75) is 12.7 Å². The molecule has 0 heterocycles. The quantitative estimate of drug-likeness (QED) is 0.317. The van der Waals surface area contributed by atoms with Gasteiger partial charge in [-0.2, -0.15) is 0 Å². The number of hydrogen-bond donors (Lipinski definition) is 2. The maximum atomic E-state index is 11.4. The van der Waals surface area contributed by atoms with Crippen LogP contribution in [-0.2, 0) is 4.74 Å². The van der Waals surface area contributed by atoms with E-state index in [0.29, 0.717) is 0 Å². The Kier molecular flexibility index (Phi) is 7.81. The summed E-state index contributed by atoms with van der Waals surface area (Å²) in [7, 11) is 0. The number of esters is 1. The molecule has 0 saturated carbocycles. The van der Waals surface area contributed by atoms with Crippen LogP contribution in [0.25, 0.3) is 0 Å². The number of ether oxygens (including phenoxy) is 1. The van der Waals surface area contributed by atoms with Gasteiger partial charge in [-0.05, 0) is 17.7 Å². The van der Waals surface area contributed by atoms with Crippen molar-refractivity contribution in [3.8, 4) is 0 Å². The average molecular weight is 262 g/mol. The Morgan fingerprint density at radius 1 is 1.28 bits per heavy atom. The van der Waals surface area contributed by atoms with Crippen molar-refractivity contribution in [3.05, 3.63) is 35.4 Å². The molecule has 1 rings (SSSR count). The number of rotatable bonds is 5. The molecule has 1 aromatic rings. The minimum absolute atomic E-state index is 0. The van der Waals surface area contributed by atoms with Crippen molar-refractivity contribution in [3.63, 3.8) is 0 Å². The molecular formula is C11H11NaO6. The third kappa shape index (κ3) is 5.61. The van der Waals surface area contributed by atoms with Crippen LogP contribution >= 0.6 is 0 Å². The molecule has 6 nitrogen and oxygen atoms in total. The predicted octanol–water partition coefficient (Wildman–Crippen LogP) is -4.09. The number of carboxylic acids is 1. The van der Waals surface area contributed by atoms with Crippen molar-refractivity contribution in [1.82, 2.24) is 0 Å². The van der Waals surface area contributed by atoms with E-state index in [1.54, 1.807) is 0 Å². The first-order valence-electron chi connectivity index (χ1n) is 4.85. The first-order valence-corrected chi connectivity index (χ1v) is 4.85. The second-order valence-corrected chi connectivity index (χ2v) is 3.27. The van der Waals surface area contributed by atoms with Crippen LogP contribution in [0.3, 0.4) is 0 Å². The van der Waals surface area contributed by atoms with E-state index in [1.807, 2.05) is 0 Å². The van der Waals surface area contributed by atoms with Gasteiger partial charge >= 0.3 is 35.5 Å². The van der Waals surface area contributed by atoms with Gasteiger partial charge in [0.2, 0.25) is 0 Å². The molecule has 0 amide bonds. The molecule has 18 heavy (non-hydrogen) atoms. The van der Waals surface area contributed by atoms with Gasteiger partial charge in [0.1, 0.15) is 0 Å². The van der Waals surface area contributed by atoms with Gasteiger partial charge < -0.3 is 24.9 Å². The first-order chi connectivity index (χ1) is 8.00. The molecule has 7 heteroatoms. The van der Waals surface area contributed by atoms with Crippen molar-refractivity contribution in [1.29, 1.82) is 0 Å². The number of aromatic carboxylic acids is 1. The van der Waals surface area contributed by atoms with Crippen LogP contribution in [0, 0.1) is 0 Å². The van der Waals surface area contributed by atoms with Gasteiger partial charge in [-0.25, -0.2) is 4.79 Å². The smallest absolute Gasteiger partial charge is 0.545 e. The fraction of sp³-hybridized carbons (Fsp3) is 0.273. The molecule has 0 atom stereocenters. The summed E-state index contributed by atoms with van der Waals surface area (Å²) < 4.78 is 4.70. The largest absolute Gasteiger partial charge is 1.00 e. The normalized spacial score (nSPS) is 9.72. The Labute approximate surface area is 125 Å². The van der Waals surface area contributed by atoms with Gasteiger partial charge in [-0.15, -0.1) is 0 Å². The summed E-state index contributed by atoms with van der Waals surface area (Å²) in [6.07, 6.45) is -1.65. The molecule has 0 saturated heterocycles. The van der Waals surface area contributed by atoms with Gasteiger partial charge in [-0.1, -0.05) is 12.1 Å². The van der Waals surface area contributed by atoms with Crippen molar-refractivity contribution < 1.29 is 59.2 Å². The Morgan fingerprint density at radius 2 is 1.89 bits per heavy atom.